The maximum atomic E-state index is 10.4. The summed E-state index contributed by atoms with van der Waals surface area (Å²) in [5.41, 5.74) is 0. The predicted octanol–water partition coefficient (Wildman–Crippen LogP) is 0.590. The van der Waals surface area contributed by atoms with E-state index in [0.29, 0.717) is 0 Å². The molecule has 9 heavy (non-hydrogen) atoms. The van der Waals surface area contributed by atoms with E-state index in [1.165, 1.54) is 14.0 Å². The lowest BCUT2D eigenvalue weighted by Gasteiger charge is -2.03. The van der Waals surface area contributed by atoms with Gasteiger partial charge in [-0.3, -0.25) is 0 Å². The molecule has 1 atom stereocenters. The van der Waals surface area contributed by atoms with Crippen LogP contribution in [0.3, 0.4) is 0 Å². The molecule has 0 saturated carbocycles. The summed E-state index contributed by atoms with van der Waals surface area (Å²) in [6, 6.07) is 0. The molecule has 0 aliphatic heterocycles. The van der Waals surface area contributed by atoms with Gasteiger partial charge in [-0.25, -0.2) is 8.42 Å². The Labute approximate surface area is 59.4 Å². The van der Waals surface area contributed by atoms with Crippen LogP contribution in [0.5, 0.6) is 0 Å². The fourth-order valence-electron chi connectivity index (χ4n) is 0.316. The van der Waals surface area contributed by atoms with Gasteiger partial charge >= 0.3 is 0 Å². The van der Waals surface area contributed by atoms with E-state index >= 15 is 0 Å². The average Bonchev–Trinajstić information content (AvgIpc) is 1.64. The van der Waals surface area contributed by atoms with Crippen molar-refractivity contribution in [3.05, 3.63) is 0 Å². The smallest absolute Gasteiger partial charge is 0.237 e. The second kappa shape index (κ2) is 3.39. The van der Waals surface area contributed by atoms with Crippen molar-refractivity contribution in [1.82, 2.24) is 0 Å². The first-order valence-electron chi connectivity index (χ1n) is 2.41. The van der Waals surface area contributed by atoms with E-state index in [4.69, 9.17) is 10.7 Å². The van der Waals surface area contributed by atoms with Crippen LogP contribution >= 0.6 is 10.7 Å². The zero-order valence-corrected chi connectivity index (χ0v) is 6.87. The van der Waals surface area contributed by atoms with E-state index in [0.717, 1.165) is 0 Å². The highest BCUT2D eigenvalue weighted by Crippen LogP contribution is 2.05. The van der Waals surface area contributed by atoms with Crippen LogP contribution in [0.25, 0.3) is 0 Å². The number of ether oxygens (including phenoxy) is 1. The van der Waals surface area contributed by atoms with Crippen molar-refractivity contribution in [3.63, 3.8) is 0 Å². The van der Waals surface area contributed by atoms with Crippen molar-refractivity contribution in [2.45, 2.75) is 12.2 Å². The molecule has 0 rings (SSSR count). The molecule has 0 aromatic heterocycles. The molecule has 0 N–H and O–H groups in total. The minimum atomic E-state index is -3.42. The summed E-state index contributed by atoms with van der Waals surface area (Å²) in [6.07, 6.45) is 0. The van der Waals surface area contributed by atoms with Crippen LogP contribution in [-0.4, -0.2) is 27.4 Å². The molecule has 0 amide bonds. The summed E-state index contributed by atoms with van der Waals surface area (Å²) in [7, 11) is 2.97. The van der Waals surface area contributed by atoms with E-state index in [-0.39, 0.29) is 6.61 Å². The van der Waals surface area contributed by atoms with Gasteiger partial charge in [0.1, 0.15) is 0 Å². The standard InChI is InChI=1S/C4H9ClO3S/c1-4(3-8-2)9(5,6)7/h4H,3H2,1-2H3/t4-/m1/s1. The molecule has 0 unspecified atom stereocenters. The predicted molar refractivity (Wildman–Crippen MR) is 36.1 cm³/mol. The number of hydrogen-bond acceptors (Lipinski definition) is 3. The van der Waals surface area contributed by atoms with Gasteiger partial charge in [0.25, 0.3) is 0 Å². The van der Waals surface area contributed by atoms with Gasteiger partial charge in [0.2, 0.25) is 9.05 Å². The molecule has 0 radical (unpaired) electrons. The Balaban J connectivity index is 3.90. The van der Waals surface area contributed by atoms with Gasteiger partial charge in [0.05, 0.1) is 11.9 Å². The molecule has 0 fully saturated rings. The quantitative estimate of drug-likeness (QED) is 0.586. The first-order valence-corrected chi connectivity index (χ1v) is 4.78. The van der Waals surface area contributed by atoms with Crippen LogP contribution in [-0.2, 0) is 13.8 Å². The molecule has 5 heteroatoms. The number of rotatable bonds is 3. The molecule has 3 nitrogen and oxygen atoms in total. The second-order valence-electron chi connectivity index (χ2n) is 1.74. The van der Waals surface area contributed by atoms with Crippen LogP contribution in [0, 0.1) is 0 Å². The summed E-state index contributed by atoms with van der Waals surface area (Å²) in [5.74, 6) is 0. The Kier molecular flexibility index (Phi) is 3.46. The summed E-state index contributed by atoms with van der Waals surface area (Å²) in [5, 5.41) is -0.621. The van der Waals surface area contributed by atoms with Crippen molar-refractivity contribution in [1.29, 1.82) is 0 Å². The topological polar surface area (TPSA) is 43.4 Å². The minimum absolute atomic E-state index is 0.145. The van der Waals surface area contributed by atoms with Crippen molar-refractivity contribution in [3.8, 4) is 0 Å². The molecule has 0 aromatic carbocycles. The van der Waals surface area contributed by atoms with Gasteiger partial charge in [0, 0.05) is 17.8 Å². The maximum Gasteiger partial charge on any atom is 0.237 e. The Morgan fingerprint density at radius 2 is 2.11 bits per heavy atom. The zero-order valence-electron chi connectivity index (χ0n) is 5.30. The van der Waals surface area contributed by atoms with Crippen molar-refractivity contribution in [2.24, 2.45) is 0 Å². The maximum absolute atomic E-state index is 10.4. The highest BCUT2D eigenvalue weighted by molar-refractivity contribution is 8.14. The monoisotopic (exact) mass is 172 g/mol. The third kappa shape index (κ3) is 3.72. The Bertz CT molecular complexity index is 163. The van der Waals surface area contributed by atoms with E-state index in [1.807, 2.05) is 0 Å². The van der Waals surface area contributed by atoms with Crippen molar-refractivity contribution >= 4 is 19.7 Å². The SMILES string of the molecule is COC[C@@H](C)S(=O)(=O)Cl. The normalized spacial score (nSPS) is 15.4. The minimum Gasteiger partial charge on any atom is -0.383 e. The first-order chi connectivity index (χ1) is 3.98. The lowest BCUT2D eigenvalue weighted by Crippen LogP contribution is -2.17. The van der Waals surface area contributed by atoms with Crippen LogP contribution in [0.2, 0.25) is 0 Å². The van der Waals surface area contributed by atoms with Crippen LogP contribution in [0.4, 0.5) is 0 Å². The molecule has 0 saturated heterocycles. The fourth-order valence-corrected chi connectivity index (χ4v) is 0.769. The lowest BCUT2D eigenvalue weighted by atomic mass is 10.5. The number of methoxy groups -OCH3 is 1. The Hall–Kier alpha value is 0.200. The number of halogens is 1. The molecule has 0 heterocycles. The van der Waals surface area contributed by atoms with E-state index in [2.05, 4.69) is 4.74 Å². The third-order valence-corrected chi connectivity index (χ3v) is 2.89. The van der Waals surface area contributed by atoms with Crippen LogP contribution < -0.4 is 0 Å². The van der Waals surface area contributed by atoms with Crippen molar-refractivity contribution in [2.75, 3.05) is 13.7 Å². The summed E-state index contributed by atoms with van der Waals surface area (Å²) >= 11 is 0. The third-order valence-electron chi connectivity index (χ3n) is 0.882. The van der Waals surface area contributed by atoms with Gasteiger partial charge < -0.3 is 4.74 Å². The molecule has 0 spiro atoms. The van der Waals surface area contributed by atoms with E-state index in [1.54, 1.807) is 0 Å². The molecule has 0 aliphatic rings. The Morgan fingerprint density at radius 3 is 2.22 bits per heavy atom. The summed E-state index contributed by atoms with van der Waals surface area (Å²) in [4.78, 5) is 0. The summed E-state index contributed by atoms with van der Waals surface area (Å²) < 4.78 is 25.4. The highest BCUT2D eigenvalue weighted by atomic mass is 35.7. The van der Waals surface area contributed by atoms with Crippen LogP contribution in [0.15, 0.2) is 0 Å². The lowest BCUT2D eigenvalue weighted by molar-refractivity contribution is 0.201. The molecule has 0 bridgehead atoms. The van der Waals surface area contributed by atoms with Gasteiger partial charge in [-0.15, -0.1) is 0 Å². The van der Waals surface area contributed by atoms with Crippen molar-refractivity contribution < 1.29 is 13.2 Å². The number of hydrogen-bond donors (Lipinski definition) is 0. The summed E-state index contributed by atoms with van der Waals surface area (Å²) in [6.45, 7) is 1.64. The van der Waals surface area contributed by atoms with E-state index < -0.39 is 14.3 Å². The zero-order chi connectivity index (χ0) is 7.49. The molecule has 0 aliphatic carbocycles. The van der Waals surface area contributed by atoms with Gasteiger partial charge in [-0.1, -0.05) is 0 Å². The van der Waals surface area contributed by atoms with E-state index in [9.17, 15) is 8.42 Å². The largest absolute Gasteiger partial charge is 0.383 e. The van der Waals surface area contributed by atoms with Gasteiger partial charge in [-0.05, 0) is 6.92 Å². The van der Waals surface area contributed by atoms with Gasteiger partial charge in [-0.2, -0.15) is 0 Å². The van der Waals surface area contributed by atoms with Crippen LogP contribution in [0.1, 0.15) is 6.92 Å². The second-order valence-corrected chi connectivity index (χ2v) is 4.79. The fraction of sp³-hybridized carbons (Fsp3) is 1.00. The van der Waals surface area contributed by atoms with Gasteiger partial charge in [0.15, 0.2) is 0 Å². The molecular weight excluding hydrogens is 164 g/mol. The first kappa shape index (κ1) is 9.20. The Morgan fingerprint density at radius 1 is 1.67 bits per heavy atom. The average molecular weight is 173 g/mol. The molecular formula is C4H9ClO3S. The highest BCUT2D eigenvalue weighted by Gasteiger charge is 2.16. The molecule has 0 aromatic rings. The molecule has 56 valence electrons.